The van der Waals surface area contributed by atoms with Gasteiger partial charge in [-0.3, -0.25) is 0 Å². The normalized spacial score (nSPS) is 29.4. The Kier molecular flexibility index (Phi) is 3.07. The van der Waals surface area contributed by atoms with Crippen LogP contribution in [0.3, 0.4) is 0 Å². The largest absolute Gasteiger partial charge is 0.456 e. The summed E-state index contributed by atoms with van der Waals surface area (Å²) in [6.45, 7) is 6.74. The van der Waals surface area contributed by atoms with Crippen LogP contribution in [0.4, 0.5) is 0 Å². The molecule has 0 aromatic heterocycles. The van der Waals surface area contributed by atoms with Crippen molar-refractivity contribution in [3.05, 3.63) is 12.2 Å². The molecule has 0 aromatic rings. The lowest BCUT2D eigenvalue weighted by molar-refractivity contribution is -0.145. The Morgan fingerprint density at radius 3 is 2.67 bits per heavy atom. The lowest BCUT2D eigenvalue weighted by Gasteiger charge is -2.15. The van der Waals surface area contributed by atoms with Crippen LogP contribution in [0.25, 0.3) is 0 Å². The van der Waals surface area contributed by atoms with Crippen LogP contribution < -0.4 is 0 Å². The Morgan fingerprint density at radius 1 is 1.53 bits per heavy atom. The Hall–Kier alpha value is -0.870. The summed E-state index contributed by atoms with van der Waals surface area (Å²) in [5.74, 6) is -0.327. The summed E-state index contributed by atoms with van der Waals surface area (Å²) in [5.41, 5.74) is 0.434. The molecule has 2 fully saturated rings. The lowest BCUT2D eigenvalue weighted by Crippen LogP contribution is -2.24. The zero-order valence-corrected chi connectivity index (χ0v) is 8.90. The number of epoxide rings is 2. The summed E-state index contributed by atoms with van der Waals surface area (Å²) in [6, 6.07) is 0. The van der Waals surface area contributed by atoms with E-state index in [0.29, 0.717) is 18.3 Å². The molecule has 0 aromatic carbocycles. The van der Waals surface area contributed by atoms with E-state index in [2.05, 4.69) is 6.58 Å². The van der Waals surface area contributed by atoms with Crippen molar-refractivity contribution in [2.45, 2.75) is 38.1 Å². The first-order valence-electron chi connectivity index (χ1n) is 5.26. The number of hydrogen-bond acceptors (Lipinski definition) is 4. The summed E-state index contributed by atoms with van der Waals surface area (Å²) in [5, 5.41) is 0. The molecule has 84 valence electrons. The van der Waals surface area contributed by atoms with Crippen molar-refractivity contribution in [2.75, 3.05) is 13.2 Å². The molecule has 4 nitrogen and oxygen atoms in total. The molecule has 3 atom stereocenters. The zero-order valence-electron chi connectivity index (χ0n) is 8.90. The highest BCUT2D eigenvalue weighted by atomic mass is 16.6. The molecule has 0 amide bonds. The van der Waals surface area contributed by atoms with E-state index in [4.69, 9.17) is 14.2 Å². The monoisotopic (exact) mass is 212 g/mol. The topological polar surface area (TPSA) is 51.4 Å². The highest BCUT2D eigenvalue weighted by molar-refractivity contribution is 5.87. The highest BCUT2D eigenvalue weighted by Gasteiger charge is 2.37. The molecule has 4 heteroatoms. The van der Waals surface area contributed by atoms with Gasteiger partial charge in [0.25, 0.3) is 0 Å². The van der Waals surface area contributed by atoms with Gasteiger partial charge < -0.3 is 14.2 Å². The molecule has 0 spiro atoms. The number of carbonyl (C=O) groups excluding carboxylic acids is 1. The minimum absolute atomic E-state index is 0.0899. The Bertz CT molecular complexity index is 266. The minimum Gasteiger partial charge on any atom is -0.456 e. The first kappa shape index (κ1) is 10.6. The predicted molar refractivity (Wildman–Crippen MR) is 53.4 cm³/mol. The summed E-state index contributed by atoms with van der Waals surface area (Å²) in [6.07, 6.45) is 2.09. The van der Waals surface area contributed by atoms with Gasteiger partial charge in [-0.1, -0.05) is 6.58 Å². The second kappa shape index (κ2) is 4.33. The van der Waals surface area contributed by atoms with Crippen molar-refractivity contribution in [3.8, 4) is 0 Å². The van der Waals surface area contributed by atoms with Crippen LogP contribution in [-0.4, -0.2) is 37.5 Å². The van der Waals surface area contributed by atoms with E-state index < -0.39 is 0 Å². The third kappa shape index (κ3) is 3.32. The molecule has 2 saturated heterocycles. The number of rotatable bonds is 6. The first-order valence-corrected chi connectivity index (χ1v) is 5.26. The molecule has 0 N–H and O–H groups in total. The van der Waals surface area contributed by atoms with Crippen molar-refractivity contribution in [2.24, 2.45) is 0 Å². The quantitative estimate of drug-likeness (QED) is 0.375. The average molecular weight is 212 g/mol. The number of esters is 1. The predicted octanol–water partition coefficient (Wildman–Crippen LogP) is 1.05. The Labute approximate surface area is 89.2 Å². The van der Waals surface area contributed by atoms with Crippen LogP contribution in [0.15, 0.2) is 12.2 Å². The maximum absolute atomic E-state index is 11.3. The van der Waals surface area contributed by atoms with E-state index in [1.165, 1.54) is 0 Å². The van der Waals surface area contributed by atoms with Gasteiger partial charge in [-0.05, 0) is 19.8 Å². The molecule has 0 radical (unpaired) electrons. The van der Waals surface area contributed by atoms with Gasteiger partial charge in [-0.25, -0.2) is 4.79 Å². The second-order valence-corrected chi connectivity index (χ2v) is 4.13. The van der Waals surface area contributed by atoms with Crippen molar-refractivity contribution in [3.63, 3.8) is 0 Å². The molecule has 0 saturated carbocycles. The number of ether oxygens (including phenoxy) is 3. The van der Waals surface area contributed by atoms with Gasteiger partial charge in [0.1, 0.15) is 12.2 Å². The minimum atomic E-state index is -0.327. The van der Waals surface area contributed by atoms with Crippen molar-refractivity contribution in [1.82, 2.24) is 0 Å². The molecule has 3 unspecified atom stereocenters. The summed E-state index contributed by atoms with van der Waals surface area (Å²) < 4.78 is 15.6. The van der Waals surface area contributed by atoms with E-state index in [9.17, 15) is 4.79 Å². The van der Waals surface area contributed by atoms with Gasteiger partial charge >= 0.3 is 5.97 Å². The van der Waals surface area contributed by atoms with Crippen LogP contribution in [0.5, 0.6) is 0 Å². The molecule has 0 aliphatic carbocycles. The van der Waals surface area contributed by atoms with Crippen LogP contribution in [-0.2, 0) is 19.0 Å². The Balaban J connectivity index is 1.76. The molecule has 2 heterocycles. The van der Waals surface area contributed by atoms with Crippen LogP contribution in [0, 0.1) is 0 Å². The van der Waals surface area contributed by atoms with E-state index in [1.807, 2.05) is 0 Å². The number of carbonyl (C=O) groups is 1. The maximum atomic E-state index is 11.3. The maximum Gasteiger partial charge on any atom is 0.333 e. The fraction of sp³-hybridized carbons (Fsp3) is 0.727. The van der Waals surface area contributed by atoms with E-state index in [1.54, 1.807) is 6.92 Å². The molecular weight excluding hydrogens is 196 g/mol. The van der Waals surface area contributed by atoms with E-state index in [-0.39, 0.29) is 18.2 Å². The summed E-state index contributed by atoms with van der Waals surface area (Å²) in [7, 11) is 0. The molecular formula is C11H16O4. The average Bonchev–Trinajstić information content (AvgIpc) is 3.02. The molecule has 0 bridgehead atoms. The van der Waals surface area contributed by atoms with Crippen molar-refractivity contribution < 1.29 is 19.0 Å². The van der Waals surface area contributed by atoms with Gasteiger partial charge in [0.15, 0.2) is 0 Å². The highest BCUT2D eigenvalue weighted by Crippen LogP contribution is 2.25. The van der Waals surface area contributed by atoms with Gasteiger partial charge in [0.05, 0.1) is 19.3 Å². The first-order chi connectivity index (χ1) is 7.16. The third-order valence-corrected chi connectivity index (χ3v) is 2.56. The molecule has 2 rings (SSSR count). The van der Waals surface area contributed by atoms with E-state index >= 15 is 0 Å². The fourth-order valence-electron chi connectivity index (χ4n) is 1.41. The summed E-state index contributed by atoms with van der Waals surface area (Å²) >= 11 is 0. The zero-order chi connectivity index (χ0) is 10.8. The lowest BCUT2D eigenvalue weighted by atomic mass is 10.1. The second-order valence-electron chi connectivity index (χ2n) is 4.13. The fourth-order valence-corrected chi connectivity index (χ4v) is 1.41. The van der Waals surface area contributed by atoms with Gasteiger partial charge in [0, 0.05) is 5.57 Å². The molecule has 2 aliphatic rings. The van der Waals surface area contributed by atoms with Crippen LogP contribution in [0.2, 0.25) is 0 Å². The molecule has 15 heavy (non-hydrogen) atoms. The standard InChI is InChI=1S/C11H16O4/c1-7(2)11(12)15-9(10-6-14-10)4-3-8-5-13-8/h8-10H,1,3-6H2,2H3. The Morgan fingerprint density at radius 2 is 2.20 bits per heavy atom. The van der Waals surface area contributed by atoms with E-state index in [0.717, 1.165) is 19.4 Å². The van der Waals surface area contributed by atoms with Crippen molar-refractivity contribution in [1.29, 1.82) is 0 Å². The van der Waals surface area contributed by atoms with Gasteiger partial charge in [0.2, 0.25) is 0 Å². The molecule has 2 aliphatic heterocycles. The van der Waals surface area contributed by atoms with Crippen LogP contribution in [0.1, 0.15) is 19.8 Å². The van der Waals surface area contributed by atoms with Crippen molar-refractivity contribution >= 4 is 5.97 Å². The summed E-state index contributed by atoms with van der Waals surface area (Å²) in [4.78, 5) is 11.3. The van der Waals surface area contributed by atoms with Gasteiger partial charge in [-0.2, -0.15) is 0 Å². The number of hydrogen-bond donors (Lipinski definition) is 0. The third-order valence-electron chi connectivity index (χ3n) is 2.56. The smallest absolute Gasteiger partial charge is 0.333 e. The SMILES string of the molecule is C=C(C)C(=O)OC(CCC1CO1)C1CO1. The van der Waals surface area contributed by atoms with Gasteiger partial charge in [-0.15, -0.1) is 0 Å². The van der Waals surface area contributed by atoms with Crippen LogP contribution >= 0.6 is 0 Å².